The van der Waals surface area contributed by atoms with E-state index in [1.54, 1.807) is 23.1 Å². The van der Waals surface area contributed by atoms with Gasteiger partial charge in [-0.2, -0.15) is 20.1 Å². The highest BCUT2D eigenvalue weighted by Gasteiger charge is 2.24. The quantitative estimate of drug-likeness (QED) is 0.921. The number of piperidine rings is 1. The van der Waals surface area contributed by atoms with Gasteiger partial charge in [-0.05, 0) is 43.4 Å². The van der Waals surface area contributed by atoms with Crippen LogP contribution >= 0.6 is 11.6 Å². The topological polar surface area (TPSA) is 80.0 Å². The number of anilines is 1. The molecule has 1 N–H and O–H groups in total. The maximum atomic E-state index is 9.65. The smallest absolute Gasteiger partial charge is 0.256 e. The lowest BCUT2D eigenvalue weighted by molar-refractivity contribution is 0.109. The number of halogens is 1. The van der Waals surface area contributed by atoms with Crippen molar-refractivity contribution in [1.82, 2.24) is 24.7 Å². The summed E-state index contributed by atoms with van der Waals surface area (Å²) in [6, 6.07) is 1.80. The molecular weight excluding hydrogens is 292 g/mol. The van der Waals surface area contributed by atoms with Gasteiger partial charge in [-0.1, -0.05) is 0 Å². The van der Waals surface area contributed by atoms with E-state index >= 15 is 0 Å². The highest BCUT2D eigenvalue weighted by Crippen LogP contribution is 2.24. The van der Waals surface area contributed by atoms with Crippen molar-refractivity contribution in [1.29, 1.82) is 0 Å². The molecule has 0 amide bonds. The van der Waals surface area contributed by atoms with Crippen LogP contribution in [0.5, 0.6) is 0 Å². The zero-order valence-electron chi connectivity index (χ0n) is 11.7. The van der Waals surface area contributed by atoms with E-state index in [0.29, 0.717) is 17.8 Å². The molecule has 0 aliphatic carbocycles. The lowest BCUT2D eigenvalue weighted by Crippen LogP contribution is -2.38. The van der Waals surface area contributed by atoms with Crippen LogP contribution in [0.15, 0.2) is 18.5 Å². The van der Waals surface area contributed by atoms with Gasteiger partial charge in [-0.3, -0.25) is 0 Å². The molecule has 112 valence electrons. The number of hydrogen-bond acceptors (Lipinski definition) is 6. The molecular formula is C13H17ClN6O. The van der Waals surface area contributed by atoms with E-state index in [2.05, 4.69) is 25.0 Å². The van der Waals surface area contributed by atoms with Gasteiger partial charge in [0.05, 0.1) is 6.10 Å². The summed E-state index contributed by atoms with van der Waals surface area (Å²) in [5.74, 6) is 1.31. The molecule has 0 bridgehead atoms. The molecule has 0 radical (unpaired) electrons. The molecule has 0 aromatic carbocycles. The Hall–Kier alpha value is -1.73. The van der Waals surface area contributed by atoms with Crippen LogP contribution in [0.1, 0.15) is 19.8 Å². The number of aliphatic hydroxyl groups excluding tert-OH is 1. The van der Waals surface area contributed by atoms with Crippen LogP contribution in [-0.2, 0) is 0 Å². The molecule has 1 atom stereocenters. The Morgan fingerprint density at radius 3 is 2.57 bits per heavy atom. The average molecular weight is 309 g/mol. The van der Waals surface area contributed by atoms with E-state index < -0.39 is 0 Å². The number of rotatable bonds is 3. The Labute approximate surface area is 127 Å². The SMILES string of the molecule is CC(O)C1CCN(c2nc(Cl)nc(-n3cccn3)n2)CC1. The van der Waals surface area contributed by atoms with Crippen LogP contribution in [0.2, 0.25) is 5.28 Å². The van der Waals surface area contributed by atoms with Crippen molar-refractivity contribution in [3.05, 3.63) is 23.7 Å². The van der Waals surface area contributed by atoms with Crippen LogP contribution in [0.25, 0.3) is 5.95 Å². The third-order valence-electron chi connectivity index (χ3n) is 3.80. The predicted molar refractivity (Wildman–Crippen MR) is 78.6 cm³/mol. The third kappa shape index (κ3) is 3.14. The van der Waals surface area contributed by atoms with Gasteiger partial charge in [0.25, 0.3) is 5.95 Å². The molecule has 3 heterocycles. The van der Waals surface area contributed by atoms with Crippen LogP contribution < -0.4 is 4.90 Å². The second kappa shape index (κ2) is 5.95. The fourth-order valence-electron chi connectivity index (χ4n) is 2.54. The van der Waals surface area contributed by atoms with Crippen LogP contribution in [-0.4, -0.2) is 49.0 Å². The molecule has 7 nitrogen and oxygen atoms in total. The van der Waals surface area contributed by atoms with Gasteiger partial charge in [0.1, 0.15) is 0 Å². The predicted octanol–water partition coefficient (Wildman–Crippen LogP) is 1.31. The molecule has 1 aliphatic rings. The van der Waals surface area contributed by atoms with Gasteiger partial charge < -0.3 is 10.0 Å². The monoisotopic (exact) mass is 308 g/mol. The van der Waals surface area contributed by atoms with Crippen LogP contribution in [0.3, 0.4) is 0 Å². The van der Waals surface area contributed by atoms with Gasteiger partial charge in [-0.25, -0.2) is 4.68 Å². The van der Waals surface area contributed by atoms with E-state index in [1.807, 2.05) is 6.92 Å². The van der Waals surface area contributed by atoms with Crippen molar-refractivity contribution in [2.45, 2.75) is 25.9 Å². The Balaban J connectivity index is 1.80. The van der Waals surface area contributed by atoms with E-state index in [0.717, 1.165) is 25.9 Å². The molecule has 3 rings (SSSR count). The summed E-state index contributed by atoms with van der Waals surface area (Å²) in [5.41, 5.74) is 0. The van der Waals surface area contributed by atoms with E-state index in [-0.39, 0.29) is 11.4 Å². The molecule has 2 aromatic heterocycles. The van der Waals surface area contributed by atoms with Crippen molar-refractivity contribution in [2.24, 2.45) is 5.92 Å². The van der Waals surface area contributed by atoms with E-state index in [9.17, 15) is 5.11 Å². The first-order valence-electron chi connectivity index (χ1n) is 6.98. The summed E-state index contributed by atoms with van der Waals surface area (Å²) >= 11 is 6.00. The Morgan fingerprint density at radius 2 is 1.95 bits per heavy atom. The molecule has 21 heavy (non-hydrogen) atoms. The van der Waals surface area contributed by atoms with Crippen molar-refractivity contribution in [3.63, 3.8) is 0 Å². The third-order valence-corrected chi connectivity index (χ3v) is 3.97. The maximum Gasteiger partial charge on any atom is 0.256 e. The molecule has 1 aliphatic heterocycles. The first-order chi connectivity index (χ1) is 10.1. The second-order valence-corrected chi connectivity index (χ2v) is 5.56. The minimum Gasteiger partial charge on any atom is -0.393 e. The number of aliphatic hydroxyl groups is 1. The minimum atomic E-state index is -0.270. The van der Waals surface area contributed by atoms with E-state index in [1.165, 1.54) is 0 Å². The summed E-state index contributed by atoms with van der Waals surface area (Å²) < 4.78 is 1.56. The highest BCUT2D eigenvalue weighted by molar-refractivity contribution is 6.28. The molecule has 1 unspecified atom stereocenters. The zero-order chi connectivity index (χ0) is 14.8. The Morgan fingerprint density at radius 1 is 1.24 bits per heavy atom. The van der Waals surface area contributed by atoms with Gasteiger partial charge in [0.2, 0.25) is 11.2 Å². The Bertz CT molecular complexity index is 595. The fraction of sp³-hybridized carbons (Fsp3) is 0.538. The van der Waals surface area contributed by atoms with Crippen molar-refractivity contribution < 1.29 is 5.11 Å². The van der Waals surface area contributed by atoms with Crippen LogP contribution in [0.4, 0.5) is 5.95 Å². The molecule has 1 fully saturated rings. The summed E-state index contributed by atoms with van der Waals surface area (Å²) in [7, 11) is 0. The summed E-state index contributed by atoms with van der Waals surface area (Å²) in [5, 5.41) is 13.9. The standard InChI is InChI=1S/C13H17ClN6O/c1-9(21)10-3-7-19(8-4-10)12-16-11(14)17-13(18-12)20-6-2-5-15-20/h2,5-6,9-10,21H,3-4,7-8H2,1H3. The van der Waals surface area contributed by atoms with Gasteiger partial charge in [0.15, 0.2) is 0 Å². The second-order valence-electron chi connectivity index (χ2n) is 5.22. The molecule has 8 heteroatoms. The van der Waals surface area contributed by atoms with Crippen molar-refractivity contribution >= 4 is 17.5 Å². The lowest BCUT2D eigenvalue weighted by Gasteiger charge is -2.33. The molecule has 2 aromatic rings. The first kappa shape index (κ1) is 14.2. The number of aromatic nitrogens is 5. The normalized spacial score (nSPS) is 18.0. The van der Waals surface area contributed by atoms with Gasteiger partial charge in [0, 0.05) is 25.5 Å². The molecule has 1 saturated heterocycles. The minimum absolute atomic E-state index is 0.156. The molecule has 0 spiro atoms. The summed E-state index contributed by atoms with van der Waals surface area (Å²) in [4.78, 5) is 14.8. The van der Waals surface area contributed by atoms with Crippen molar-refractivity contribution in [3.8, 4) is 5.95 Å². The van der Waals surface area contributed by atoms with E-state index in [4.69, 9.17) is 11.6 Å². The first-order valence-corrected chi connectivity index (χ1v) is 7.36. The largest absolute Gasteiger partial charge is 0.393 e. The number of nitrogens with zero attached hydrogens (tertiary/aromatic N) is 6. The fourth-order valence-corrected chi connectivity index (χ4v) is 2.69. The van der Waals surface area contributed by atoms with Gasteiger partial charge >= 0.3 is 0 Å². The maximum absolute atomic E-state index is 9.65. The van der Waals surface area contributed by atoms with Crippen LogP contribution in [0, 0.1) is 5.92 Å². The number of hydrogen-bond donors (Lipinski definition) is 1. The summed E-state index contributed by atoms with van der Waals surface area (Å²) in [6.45, 7) is 3.44. The van der Waals surface area contributed by atoms with Crippen molar-refractivity contribution in [2.75, 3.05) is 18.0 Å². The lowest BCUT2D eigenvalue weighted by atomic mass is 9.92. The Kier molecular flexibility index (Phi) is 4.03. The molecule has 0 saturated carbocycles. The zero-order valence-corrected chi connectivity index (χ0v) is 12.5. The average Bonchev–Trinajstić information content (AvgIpc) is 3.01. The summed E-state index contributed by atoms with van der Waals surface area (Å²) in [6.07, 6.45) is 4.98. The highest BCUT2D eigenvalue weighted by atomic mass is 35.5. The van der Waals surface area contributed by atoms with Gasteiger partial charge in [-0.15, -0.1) is 0 Å².